The molecule has 0 amide bonds. The van der Waals surface area contributed by atoms with Gasteiger partial charge in [-0.1, -0.05) is 0 Å². The van der Waals surface area contributed by atoms with Crippen LogP contribution in [-0.4, -0.2) is 37.0 Å². The maximum Gasteiger partial charge on any atom is 0.0576 e. The van der Waals surface area contributed by atoms with Gasteiger partial charge in [0.25, 0.3) is 0 Å². The second-order valence-corrected chi connectivity index (χ2v) is 4.97. The van der Waals surface area contributed by atoms with Gasteiger partial charge in [0.05, 0.1) is 12.2 Å². The highest BCUT2D eigenvalue weighted by Crippen LogP contribution is 2.26. The van der Waals surface area contributed by atoms with Crippen LogP contribution in [0.25, 0.3) is 0 Å². The van der Waals surface area contributed by atoms with E-state index in [4.69, 9.17) is 9.84 Å². The molecule has 15 heavy (non-hydrogen) atoms. The third-order valence-corrected chi connectivity index (χ3v) is 3.55. The van der Waals surface area contributed by atoms with Crippen LogP contribution in [0.4, 0.5) is 0 Å². The lowest BCUT2D eigenvalue weighted by Gasteiger charge is -2.31. The van der Waals surface area contributed by atoms with Crippen molar-refractivity contribution in [1.82, 2.24) is 5.32 Å². The molecular formula is C12H23NO2. The first-order valence-corrected chi connectivity index (χ1v) is 6.35. The van der Waals surface area contributed by atoms with Gasteiger partial charge in [0, 0.05) is 6.61 Å². The van der Waals surface area contributed by atoms with E-state index < -0.39 is 0 Å². The van der Waals surface area contributed by atoms with Crippen LogP contribution < -0.4 is 5.32 Å². The van der Waals surface area contributed by atoms with Gasteiger partial charge in [0.1, 0.15) is 0 Å². The van der Waals surface area contributed by atoms with Crippen LogP contribution in [0.5, 0.6) is 0 Å². The zero-order valence-corrected chi connectivity index (χ0v) is 9.45. The number of aliphatic hydroxyl groups is 1. The van der Waals surface area contributed by atoms with E-state index in [9.17, 15) is 0 Å². The Morgan fingerprint density at radius 3 is 2.87 bits per heavy atom. The highest BCUT2D eigenvalue weighted by atomic mass is 16.5. The lowest BCUT2D eigenvalue weighted by molar-refractivity contribution is 0.0429. The number of hydrogen-bond donors (Lipinski definition) is 2. The molecule has 2 rings (SSSR count). The number of nitrogens with one attached hydrogen (secondary N) is 1. The topological polar surface area (TPSA) is 41.5 Å². The summed E-state index contributed by atoms with van der Waals surface area (Å²) >= 11 is 0. The smallest absolute Gasteiger partial charge is 0.0576 e. The standard InChI is InChI=1S/C12H23NO2/c14-11-7-10(8-11)9-13-5-1-3-12-4-2-6-15-12/h10-14H,1-9H2. The van der Waals surface area contributed by atoms with Crippen molar-refractivity contribution in [2.75, 3.05) is 19.7 Å². The van der Waals surface area contributed by atoms with Crippen LogP contribution in [0.1, 0.15) is 38.5 Å². The van der Waals surface area contributed by atoms with E-state index in [1.807, 2.05) is 0 Å². The normalized spacial score (nSPS) is 35.4. The molecule has 1 saturated heterocycles. The third kappa shape index (κ3) is 3.74. The van der Waals surface area contributed by atoms with Gasteiger partial charge in [0.2, 0.25) is 0 Å². The minimum absolute atomic E-state index is 0.0105. The fourth-order valence-electron chi connectivity index (χ4n) is 2.50. The number of aliphatic hydroxyl groups excluding tert-OH is 1. The summed E-state index contributed by atoms with van der Waals surface area (Å²) in [6, 6.07) is 0. The molecule has 1 aliphatic carbocycles. The van der Waals surface area contributed by atoms with E-state index in [1.165, 1.54) is 25.7 Å². The summed E-state index contributed by atoms with van der Waals surface area (Å²) in [6.07, 6.45) is 7.46. The highest BCUT2D eigenvalue weighted by molar-refractivity contribution is 4.80. The Kier molecular flexibility index (Phi) is 4.42. The summed E-state index contributed by atoms with van der Waals surface area (Å²) in [5, 5.41) is 12.6. The average Bonchev–Trinajstić information content (AvgIpc) is 2.67. The summed E-state index contributed by atoms with van der Waals surface area (Å²) < 4.78 is 5.57. The molecule has 2 fully saturated rings. The van der Waals surface area contributed by atoms with Crippen LogP contribution in [0.3, 0.4) is 0 Å². The van der Waals surface area contributed by atoms with E-state index in [0.717, 1.165) is 38.5 Å². The van der Waals surface area contributed by atoms with E-state index in [0.29, 0.717) is 6.10 Å². The summed E-state index contributed by atoms with van der Waals surface area (Å²) in [7, 11) is 0. The van der Waals surface area contributed by atoms with Gasteiger partial charge in [-0.3, -0.25) is 0 Å². The van der Waals surface area contributed by atoms with Gasteiger partial charge < -0.3 is 15.2 Å². The Morgan fingerprint density at radius 1 is 1.33 bits per heavy atom. The first-order valence-electron chi connectivity index (χ1n) is 6.35. The molecule has 88 valence electrons. The number of ether oxygens (including phenoxy) is 1. The molecule has 0 aromatic heterocycles. The van der Waals surface area contributed by atoms with E-state index >= 15 is 0 Å². The Bertz CT molecular complexity index is 174. The van der Waals surface area contributed by atoms with Crippen LogP contribution in [0, 0.1) is 5.92 Å². The first-order chi connectivity index (χ1) is 7.34. The molecular weight excluding hydrogens is 190 g/mol. The van der Waals surface area contributed by atoms with Crippen molar-refractivity contribution >= 4 is 0 Å². The Hall–Kier alpha value is -0.120. The molecule has 1 heterocycles. The molecule has 0 aromatic carbocycles. The fourth-order valence-corrected chi connectivity index (χ4v) is 2.50. The Balaban J connectivity index is 1.39. The maximum atomic E-state index is 9.12. The molecule has 2 N–H and O–H groups in total. The van der Waals surface area contributed by atoms with Crippen molar-refractivity contribution in [2.45, 2.75) is 50.7 Å². The minimum Gasteiger partial charge on any atom is -0.393 e. The molecule has 3 heteroatoms. The summed E-state index contributed by atoms with van der Waals surface area (Å²) in [6.45, 7) is 3.16. The van der Waals surface area contributed by atoms with E-state index in [1.54, 1.807) is 0 Å². The lowest BCUT2D eigenvalue weighted by Crippen LogP contribution is -2.36. The second kappa shape index (κ2) is 5.83. The van der Waals surface area contributed by atoms with Crippen molar-refractivity contribution in [3.63, 3.8) is 0 Å². The molecule has 0 aromatic rings. The number of rotatable bonds is 6. The van der Waals surface area contributed by atoms with Gasteiger partial charge in [-0.25, -0.2) is 0 Å². The van der Waals surface area contributed by atoms with Crippen LogP contribution >= 0.6 is 0 Å². The molecule has 3 nitrogen and oxygen atoms in total. The predicted octanol–water partition coefficient (Wildman–Crippen LogP) is 1.31. The van der Waals surface area contributed by atoms with Crippen molar-refractivity contribution in [1.29, 1.82) is 0 Å². The minimum atomic E-state index is -0.0105. The SMILES string of the molecule is OC1CC(CNCCCC2CCCO2)C1. The summed E-state index contributed by atoms with van der Waals surface area (Å²) in [4.78, 5) is 0. The van der Waals surface area contributed by atoms with Crippen molar-refractivity contribution in [3.05, 3.63) is 0 Å². The van der Waals surface area contributed by atoms with Crippen molar-refractivity contribution in [3.8, 4) is 0 Å². The average molecular weight is 213 g/mol. The Morgan fingerprint density at radius 2 is 2.20 bits per heavy atom. The second-order valence-electron chi connectivity index (χ2n) is 4.97. The van der Waals surface area contributed by atoms with Gasteiger partial charge in [-0.15, -0.1) is 0 Å². The third-order valence-electron chi connectivity index (χ3n) is 3.55. The predicted molar refractivity (Wildman–Crippen MR) is 59.8 cm³/mol. The van der Waals surface area contributed by atoms with Crippen molar-refractivity contribution < 1.29 is 9.84 Å². The molecule has 1 aliphatic heterocycles. The van der Waals surface area contributed by atoms with Crippen LogP contribution in [-0.2, 0) is 4.74 Å². The van der Waals surface area contributed by atoms with Crippen molar-refractivity contribution in [2.24, 2.45) is 5.92 Å². The molecule has 0 bridgehead atoms. The molecule has 1 atom stereocenters. The van der Waals surface area contributed by atoms with E-state index in [2.05, 4.69) is 5.32 Å². The van der Waals surface area contributed by atoms with Gasteiger partial charge in [-0.05, 0) is 57.5 Å². The molecule has 2 aliphatic rings. The molecule has 1 saturated carbocycles. The van der Waals surface area contributed by atoms with Crippen LogP contribution in [0.2, 0.25) is 0 Å². The van der Waals surface area contributed by atoms with Gasteiger partial charge in [0.15, 0.2) is 0 Å². The zero-order valence-electron chi connectivity index (χ0n) is 9.45. The molecule has 0 spiro atoms. The highest BCUT2D eigenvalue weighted by Gasteiger charge is 2.26. The zero-order chi connectivity index (χ0) is 10.5. The van der Waals surface area contributed by atoms with Crippen LogP contribution in [0.15, 0.2) is 0 Å². The summed E-state index contributed by atoms with van der Waals surface area (Å²) in [5.41, 5.74) is 0. The van der Waals surface area contributed by atoms with E-state index in [-0.39, 0.29) is 6.10 Å². The maximum absolute atomic E-state index is 9.12. The monoisotopic (exact) mass is 213 g/mol. The fraction of sp³-hybridized carbons (Fsp3) is 1.00. The largest absolute Gasteiger partial charge is 0.393 e. The Labute approximate surface area is 92.2 Å². The summed E-state index contributed by atoms with van der Waals surface area (Å²) in [5.74, 6) is 0.725. The van der Waals surface area contributed by atoms with Gasteiger partial charge >= 0.3 is 0 Å². The lowest BCUT2D eigenvalue weighted by atomic mass is 9.82. The quantitative estimate of drug-likeness (QED) is 0.654. The molecule has 0 radical (unpaired) electrons. The first kappa shape index (κ1) is 11.4. The molecule has 1 unspecified atom stereocenters. The number of hydrogen-bond acceptors (Lipinski definition) is 3. The van der Waals surface area contributed by atoms with Gasteiger partial charge in [-0.2, -0.15) is 0 Å².